The Balaban J connectivity index is 2.24. The van der Waals surface area contributed by atoms with Crippen LogP contribution in [0, 0.1) is 0 Å². The van der Waals surface area contributed by atoms with Crippen molar-refractivity contribution in [2.24, 2.45) is 11.0 Å². The predicted molar refractivity (Wildman–Crippen MR) is 34.7 cm³/mol. The van der Waals surface area contributed by atoms with Gasteiger partial charge in [-0.3, -0.25) is 4.57 Å². The largest absolute Gasteiger partial charge is 0.335 e. The number of rotatable bonds is 2. The van der Waals surface area contributed by atoms with E-state index < -0.39 is 7.67 Å². The van der Waals surface area contributed by atoms with Gasteiger partial charge in [0.2, 0.25) is 0 Å². The first-order valence-electron chi connectivity index (χ1n) is 2.93. The molecule has 1 aliphatic rings. The van der Waals surface area contributed by atoms with Gasteiger partial charge >= 0.3 is 7.67 Å². The SMILES string of the molecule is NP(N)(=O)OC1CCC1. The van der Waals surface area contributed by atoms with Gasteiger partial charge in [-0.15, -0.1) is 0 Å². The van der Waals surface area contributed by atoms with Crippen LogP contribution in [0.25, 0.3) is 0 Å². The predicted octanol–water partition coefficient (Wildman–Crippen LogP) is 0.581. The van der Waals surface area contributed by atoms with Crippen molar-refractivity contribution < 1.29 is 9.09 Å². The van der Waals surface area contributed by atoms with Crippen LogP contribution < -0.4 is 11.0 Å². The maximum absolute atomic E-state index is 10.6. The van der Waals surface area contributed by atoms with Crippen LogP contribution >= 0.6 is 7.67 Å². The molecule has 54 valence electrons. The molecule has 4 nitrogen and oxygen atoms in total. The van der Waals surface area contributed by atoms with Crippen molar-refractivity contribution in [3.63, 3.8) is 0 Å². The Labute approximate surface area is 54.1 Å². The van der Waals surface area contributed by atoms with E-state index >= 15 is 0 Å². The molecular formula is C4H11N2O2P. The summed E-state index contributed by atoms with van der Waals surface area (Å²) < 4.78 is 15.3. The maximum Gasteiger partial charge on any atom is 0.335 e. The first-order chi connectivity index (χ1) is 4.08. The highest BCUT2D eigenvalue weighted by Gasteiger charge is 2.23. The summed E-state index contributed by atoms with van der Waals surface area (Å²) in [5, 5.41) is 0. The minimum atomic E-state index is -3.19. The molecule has 5 heteroatoms. The molecule has 0 atom stereocenters. The van der Waals surface area contributed by atoms with Crippen LogP contribution in [0.4, 0.5) is 0 Å². The van der Waals surface area contributed by atoms with Gasteiger partial charge in [-0.25, -0.2) is 11.0 Å². The zero-order valence-electron chi connectivity index (χ0n) is 5.12. The lowest BCUT2D eigenvalue weighted by Crippen LogP contribution is -2.24. The van der Waals surface area contributed by atoms with Gasteiger partial charge in [0.25, 0.3) is 0 Å². The molecule has 0 aromatic heterocycles. The summed E-state index contributed by atoms with van der Waals surface area (Å²) in [6.45, 7) is 0. The smallest absolute Gasteiger partial charge is 0.303 e. The molecule has 1 aliphatic carbocycles. The second-order valence-electron chi connectivity index (χ2n) is 2.30. The number of hydrogen-bond acceptors (Lipinski definition) is 2. The molecule has 0 bridgehead atoms. The first kappa shape index (κ1) is 7.22. The van der Waals surface area contributed by atoms with E-state index in [2.05, 4.69) is 0 Å². The molecule has 0 spiro atoms. The zero-order chi connectivity index (χ0) is 6.91. The molecule has 4 N–H and O–H groups in total. The molecule has 0 aromatic rings. The van der Waals surface area contributed by atoms with Crippen LogP contribution in [0.3, 0.4) is 0 Å². The molecule has 0 saturated heterocycles. The lowest BCUT2D eigenvalue weighted by Gasteiger charge is -2.26. The molecule has 0 amide bonds. The van der Waals surface area contributed by atoms with Crippen LogP contribution in [0.1, 0.15) is 19.3 Å². The van der Waals surface area contributed by atoms with Gasteiger partial charge in [0, 0.05) is 0 Å². The molecule has 1 saturated carbocycles. The summed E-state index contributed by atoms with van der Waals surface area (Å²) in [5.74, 6) is 0. The van der Waals surface area contributed by atoms with Crippen molar-refractivity contribution in [2.45, 2.75) is 25.4 Å². The van der Waals surface area contributed by atoms with Crippen molar-refractivity contribution in [1.82, 2.24) is 0 Å². The summed E-state index contributed by atoms with van der Waals surface area (Å²) in [6, 6.07) is 0. The van der Waals surface area contributed by atoms with Crippen molar-refractivity contribution in [3.8, 4) is 0 Å². The van der Waals surface area contributed by atoms with Gasteiger partial charge in [-0.2, -0.15) is 0 Å². The summed E-state index contributed by atoms with van der Waals surface area (Å²) in [7, 11) is -3.19. The maximum atomic E-state index is 10.6. The fourth-order valence-electron chi connectivity index (χ4n) is 0.709. The molecule has 0 radical (unpaired) electrons. The molecule has 0 aromatic carbocycles. The van der Waals surface area contributed by atoms with Gasteiger partial charge < -0.3 is 4.52 Å². The zero-order valence-corrected chi connectivity index (χ0v) is 6.01. The van der Waals surface area contributed by atoms with E-state index in [1.54, 1.807) is 0 Å². The third-order valence-electron chi connectivity index (χ3n) is 1.37. The van der Waals surface area contributed by atoms with E-state index in [4.69, 9.17) is 15.5 Å². The summed E-state index contributed by atoms with van der Waals surface area (Å²) >= 11 is 0. The van der Waals surface area contributed by atoms with E-state index in [1.807, 2.05) is 0 Å². The van der Waals surface area contributed by atoms with Crippen LogP contribution in [0.15, 0.2) is 0 Å². The van der Waals surface area contributed by atoms with Gasteiger partial charge in [0.15, 0.2) is 0 Å². The molecule has 0 unspecified atom stereocenters. The van der Waals surface area contributed by atoms with Gasteiger partial charge in [-0.05, 0) is 19.3 Å². The number of hydrogen-bond donors (Lipinski definition) is 2. The Hall–Kier alpha value is 0.110. The van der Waals surface area contributed by atoms with E-state index in [-0.39, 0.29) is 6.10 Å². The third-order valence-corrected chi connectivity index (χ3v) is 1.99. The minimum Gasteiger partial charge on any atom is -0.303 e. The Bertz CT molecular complexity index is 140. The normalized spacial score (nSPS) is 21.6. The van der Waals surface area contributed by atoms with Crippen LogP contribution in [0.5, 0.6) is 0 Å². The highest BCUT2D eigenvalue weighted by Crippen LogP contribution is 2.36. The number of nitrogens with two attached hydrogens (primary N) is 2. The molecule has 0 aliphatic heterocycles. The highest BCUT2D eigenvalue weighted by atomic mass is 31.2. The van der Waals surface area contributed by atoms with E-state index in [0.29, 0.717) is 0 Å². The Morgan fingerprint density at radius 2 is 2.00 bits per heavy atom. The second-order valence-corrected chi connectivity index (χ2v) is 3.80. The van der Waals surface area contributed by atoms with Gasteiger partial charge in [0.05, 0.1) is 6.10 Å². The third kappa shape index (κ3) is 2.45. The van der Waals surface area contributed by atoms with Gasteiger partial charge in [-0.1, -0.05) is 0 Å². The van der Waals surface area contributed by atoms with Crippen LogP contribution in [0.2, 0.25) is 0 Å². The van der Waals surface area contributed by atoms with E-state index in [0.717, 1.165) is 19.3 Å². The molecule has 0 heterocycles. The molecule has 9 heavy (non-hydrogen) atoms. The van der Waals surface area contributed by atoms with Crippen molar-refractivity contribution in [2.75, 3.05) is 0 Å². The summed E-state index contributed by atoms with van der Waals surface area (Å²) in [4.78, 5) is 0. The fourth-order valence-corrected chi connectivity index (χ4v) is 1.39. The van der Waals surface area contributed by atoms with Crippen LogP contribution in [-0.4, -0.2) is 6.10 Å². The monoisotopic (exact) mass is 150 g/mol. The van der Waals surface area contributed by atoms with Crippen molar-refractivity contribution >= 4 is 7.67 Å². The summed E-state index contributed by atoms with van der Waals surface area (Å²) in [6.07, 6.45) is 3.08. The summed E-state index contributed by atoms with van der Waals surface area (Å²) in [5.41, 5.74) is 9.91. The fraction of sp³-hybridized carbons (Fsp3) is 1.00. The molecule has 1 rings (SSSR count). The Kier molecular flexibility index (Phi) is 1.91. The van der Waals surface area contributed by atoms with E-state index in [1.165, 1.54) is 0 Å². The van der Waals surface area contributed by atoms with Gasteiger partial charge in [0.1, 0.15) is 0 Å². The second kappa shape index (κ2) is 2.39. The minimum absolute atomic E-state index is 0.0610. The van der Waals surface area contributed by atoms with Crippen molar-refractivity contribution in [1.29, 1.82) is 0 Å². The highest BCUT2D eigenvalue weighted by molar-refractivity contribution is 7.53. The lowest BCUT2D eigenvalue weighted by atomic mass is 9.97. The topological polar surface area (TPSA) is 78.3 Å². The molecule has 1 fully saturated rings. The average Bonchev–Trinajstić information content (AvgIpc) is 1.53. The average molecular weight is 150 g/mol. The standard InChI is InChI=1S/C4H11N2O2P/c5-9(6,7)8-4-2-1-3-4/h4H,1-3H2,(H4,5,6,7). The van der Waals surface area contributed by atoms with Crippen molar-refractivity contribution in [3.05, 3.63) is 0 Å². The Morgan fingerprint density at radius 1 is 1.44 bits per heavy atom. The lowest BCUT2D eigenvalue weighted by molar-refractivity contribution is 0.123. The Morgan fingerprint density at radius 3 is 2.11 bits per heavy atom. The first-order valence-corrected chi connectivity index (χ1v) is 4.70. The van der Waals surface area contributed by atoms with Crippen LogP contribution in [-0.2, 0) is 9.09 Å². The molecular weight excluding hydrogens is 139 g/mol. The quantitative estimate of drug-likeness (QED) is 0.564. The van der Waals surface area contributed by atoms with E-state index in [9.17, 15) is 4.57 Å².